The van der Waals surface area contributed by atoms with E-state index in [-0.39, 0.29) is 0 Å². The van der Waals surface area contributed by atoms with Gasteiger partial charge in [0.25, 0.3) is 0 Å². The predicted molar refractivity (Wildman–Crippen MR) is 93.7 cm³/mol. The van der Waals surface area contributed by atoms with Gasteiger partial charge in [0.1, 0.15) is 0 Å². The Morgan fingerprint density at radius 2 is 1.95 bits per heavy atom. The summed E-state index contributed by atoms with van der Waals surface area (Å²) in [7, 11) is 2.19. The zero-order valence-corrected chi connectivity index (χ0v) is 14.2. The molecule has 1 fully saturated rings. The molecule has 4 heteroatoms. The number of pyridine rings is 1. The van der Waals surface area contributed by atoms with Gasteiger partial charge in [0, 0.05) is 34.8 Å². The summed E-state index contributed by atoms with van der Waals surface area (Å²) >= 11 is 3.48. The number of nitrogens with two attached hydrogens (primary N) is 1. The fraction of sp³-hybridized carbons (Fsp3) is 0.471. The molecule has 1 aliphatic rings. The zero-order valence-electron chi connectivity index (χ0n) is 12.6. The number of hydrogen-bond acceptors (Lipinski definition) is 3. The van der Waals surface area contributed by atoms with E-state index in [0.29, 0.717) is 6.04 Å². The van der Waals surface area contributed by atoms with Crippen molar-refractivity contribution in [3.05, 3.63) is 28.9 Å². The summed E-state index contributed by atoms with van der Waals surface area (Å²) in [6.45, 7) is 2.36. The Balaban J connectivity index is 1.98. The Morgan fingerprint density at radius 3 is 2.67 bits per heavy atom. The van der Waals surface area contributed by atoms with E-state index in [1.165, 1.54) is 31.4 Å². The third kappa shape index (κ3) is 2.86. The number of halogens is 1. The van der Waals surface area contributed by atoms with Crippen LogP contribution in [0.5, 0.6) is 0 Å². The second kappa shape index (κ2) is 5.84. The van der Waals surface area contributed by atoms with E-state index in [2.05, 4.69) is 51.9 Å². The van der Waals surface area contributed by atoms with Crippen LogP contribution in [0.1, 0.15) is 32.6 Å². The van der Waals surface area contributed by atoms with Crippen molar-refractivity contribution in [3.8, 4) is 0 Å². The highest BCUT2D eigenvalue weighted by molar-refractivity contribution is 9.10. The van der Waals surface area contributed by atoms with Crippen molar-refractivity contribution in [3.63, 3.8) is 0 Å². The van der Waals surface area contributed by atoms with Crippen LogP contribution in [0.2, 0.25) is 0 Å². The van der Waals surface area contributed by atoms with Gasteiger partial charge >= 0.3 is 0 Å². The lowest BCUT2D eigenvalue weighted by molar-refractivity contribution is 0.341. The minimum absolute atomic E-state index is 0.610. The van der Waals surface area contributed by atoms with Crippen molar-refractivity contribution in [2.24, 2.45) is 5.92 Å². The number of hydrogen-bond donors (Lipinski definition) is 1. The normalized spacial score (nSPS) is 22.4. The number of nitrogen functional groups attached to an aromatic ring is 1. The van der Waals surface area contributed by atoms with E-state index in [9.17, 15) is 0 Å². The summed E-state index contributed by atoms with van der Waals surface area (Å²) in [4.78, 5) is 7.00. The third-order valence-corrected chi connectivity index (χ3v) is 5.18. The second-order valence-electron chi connectivity index (χ2n) is 6.25. The van der Waals surface area contributed by atoms with Crippen molar-refractivity contribution in [1.29, 1.82) is 0 Å². The van der Waals surface area contributed by atoms with Crippen LogP contribution in [0.4, 0.5) is 11.4 Å². The van der Waals surface area contributed by atoms with Gasteiger partial charge < -0.3 is 10.6 Å². The molecule has 0 aliphatic heterocycles. The molecule has 1 heterocycles. The Labute approximate surface area is 134 Å². The van der Waals surface area contributed by atoms with Gasteiger partial charge in [-0.25, -0.2) is 0 Å². The second-order valence-corrected chi connectivity index (χ2v) is 7.16. The average molecular weight is 348 g/mol. The molecular weight excluding hydrogens is 326 g/mol. The number of anilines is 2. The van der Waals surface area contributed by atoms with Crippen LogP contribution in [-0.2, 0) is 0 Å². The van der Waals surface area contributed by atoms with Crippen LogP contribution in [0.3, 0.4) is 0 Å². The number of benzene rings is 1. The molecule has 0 unspecified atom stereocenters. The Bertz CT molecular complexity index is 648. The van der Waals surface area contributed by atoms with E-state index in [1.54, 1.807) is 0 Å². The van der Waals surface area contributed by atoms with Crippen LogP contribution >= 0.6 is 15.9 Å². The van der Waals surface area contributed by atoms with Gasteiger partial charge in [-0.3, -0.25) is 4.98 Å². The van der Waals surface area contributed by atoms with E-state index in [1.807, 2.05) is 12.3 Å². The number of aromatic nitrogens is 1. The summed E-state index contributed by atoms with van der Waals surface area (Å²) in [5.41, 5.74) is 9.08. The third-order valence-electron chi connectivity index (χ3n) is 4.74. The standard InChI is InChI=1S/C17H22BrN3/c1-11-3-5-13(6-4-11)21(2)16-8-7-15(19)14-9-12(18)10-20-17(14)16/h7-11,13H,3-6,19H2,1-2H3. The molecule has 1 aromatic carbocycles. The minimum atomic E-state index is 0.610. The van der Waals surface area contributed by atoms with Gasteiger partial charge in [-0.15, -0.1) is 0 Å². The van der Waals surface area contributed by atoms with Crippen molar-refractivity contribution in [1.82, 2.24) is 4.98 Å². The molecule has 0 amide bonds. The molecule has 112 valence electrons. The molecule has 2 N–H and O–H groups in total. The maximum absolute atomic E-state index is 6.11. The van der Waals surface area contributed by atoms with Crippen molar-refractivity contribution in [2.75, 3.05) is 17.7 Å². The number of nitrogens with zero attached hydrogens (tertiary/aromatic N) is 2. The fourth-order valence-electron chi connectivity index (χ4n) is 3.31. The lowest BCUT2D eigenvalue weighted by Gasteiger charge is -2.35. The molecule has 0 spiro atoms. The van der Waals surface area contributed by atoms with Crippen molar-refractivity contribution >= 4 is 38.2 Å². The van der Waals surface area contributed by atoms with Crippen LogP contribution in [0.25, 0.3) is 10.9 Å². The highest BCUT2D eigenvalue weighted by atomic mass is 79.9. The largest absolute Gasteiger partial charge is 0.398 e. The first-order chi connectivity index (χ1) is 10.1. The van der Waals surface area contributed by atoms with E-state index < -0.39 is 0 Å². The van der Waals surface area contributed by atoms with Crippen LogP contribution in [0.15, 0.2) is 28.9 Å². The Hall–Kier alpha value is -1.29. The first kappa shape index (κ1) is 14.6. The van der Waals surface area contributed by atoms with Crippen molar-refractivity contribution < 1.29 is 0 Å². The molecule has 0 saturated heterocycles. The highest BCUT2D eigenvalue weighted by Crippen LogP contribution is 2.35. The van der Waals surface area contributed by atoms with Gasteiger partial charge in [-0.1, -0.05) is 6.92 Å². The lowest BCUT2D eigenvalue weighted by Crippen LogP contribution is -2.35. The average Bonchev–Trinajstić information content (AvgIpc) is 2.48. The summed E-state index contributed by atoms with van der Waals surface area (Å²) < 4.78 is 0.966. The molecular formula is C17H22BrN3. The lowest BCUT2D eigenvalue weighted by atomic mass is 9.86. The molecule has 2 aromatic rings. The van der Waals surface area contributed by atoms with Crippen LogP contribution in [-0.4, -0.2) is 18.1 Å². The quantitative estimate of drug-likeness (QED) is 0.807. The maximum Gasteiger partial charge on any atom is 0.0956 e. The summed E-state index contributed by atoms with van der Waals surface area (Å²) in [5.74, 6) is 0.867. The molecule has 21 heavy (non-hydrogen) atoms. The number of rotatable bonds is 2. The van der Waals surface area contributed by atoms with Gasteiger partial charge in [-0.05, 0) is 65.7 Å². The Morgan fingerprint density at radius 1 is 1.24 bits per heavy atom. The molecule has 3 nitrogen and oxygen atoms in total. The summed E-state index contributed by atoms with van der Waals surface area (Å²) in [6, 6.07) is 6.76. The minimum Gasteiger partial charge on any atom is -0.398 e. The summed E-state index contributed by atoms with van der Waals surface area (Å²) in [6.07, 6.45) is 7.02. The molecule has 0 bridgehead atoms. The smallest absolute Gasteiger partial charge is 0.0956 e. The van der Waals surface area contributed by atoms with Gasteiger partial charge in [0.05, 0.1) is 11.2 Å². The molecule has 0 atom stereocenters. The van der Waals surface area contributed by atoms with E-state index in [0.717, 1.165) is 27.0 Å². The first-order valence-corrected chi connectivity index (χ1v) is 8.42. The molecule has 0 radical (unpaired) electrons. The van der Waals surface area contributed by atoms with E-state index >= 15 is 0 Å². The molecule has 3 rings (SSSR count). The molecule has 1 saturated carbocycles. The molecule has 1 aromatic heterocycles. The van der Waals surface area contributed by atoms with Gasteiger partial charge in [0.2, 0.25) is 0 Å². The monoisotopic (exact) mass is 347 g/mol. The fourth-order valence-corrected chi connectivity index (χ4v) is 3.64. The Kier molecular flexibility index (Phi) is 4.07. The van der Waals surface area contributed by atoms with Crippen LogP contribution in [0, 0.1) is 5.92 Å². The molecule has 1 aliphatic carbocycles. The van der Waals surface area contributed by atoms with Gasteiger partial charge in [0.15, 0.2) is 0 Å². The SMILES string of the molecule is CC1CCC(N(C)c2ccc(N)c3cc(Br)cnc23)CC1. The van der Waals surface area contributed by atoms with Crippen LogP contribution < -0.4 is 10.6 Å². The number of fused-ring (bicyclic) bond motifs is 1. The zero-order chi connectivity index (χ0) is 15.0. The maximum atomic E-state index is 6.11. The van der Waals surface area contributed by atoms with Gasteiger partial charge in [-0.2, -0.15) is 0 Å². The highest BCUT2D eigenvalue weighted by Gasteiger charge is 2.23. The topological polar surface area (TPSA) is 42.1 Å². The summed E-state index contributed by atoms with van der Waals surface area (Å²) in [5, 5.41) is 1.03. The predicted octanol–water partition coefficient (Wildman–Crippen LogP) is 4.59. The van der Waals surface area contributed by atoms with E-state index in [4.69, 9.17) is 5.73 Å². The first-order valence-electron chi connectivity index (χ1n) is 7.63. The van der Waals surface area contributed by atoms with Crippen molar-refractivity contribution in [2.45, 2.75) is 38.6 Å².